The van der Waals surface area contributed by atoms with Crippen LogP contribution in [0.25, 0.3) is 0 Å². The Hall–Kier alpha value is -1.70. The third kappa shape index (κ3) is 4.94. The number of aliphatic hydroxyl groups is 1. The normalized spacial score (nSPS) is 16.9. The Morgan fingerprint density at radius 3 is 2.23 bits per heavy atom. The van der Waals surface area contributed by atoms with E-state index >= 15 is 0 Å². The van der Waals surface area contributed by atoms with Crippen molar-refractivity contribution in [1.82, 2.24) is 0 Å². The van der Waals surface area contributed by atoms with Crippen LogP contribution < -0.4 is 0 Å². The zero-order valence-electron chi connectivity index (χ0n) is 13.9. The summed E-state index contributed by atoms with van der Waals surface area (Å²) in [4.78, 5) is 0. The lowest BCUT2D eigenvalue weighted by Gasteiger charge is -2.22. The molecule has 2 rings (SSSR count). The van der Waals surface area contributed by atoms with E-state index in [0.717, 1.165) is 18.4 Å². The molecule has 0 radical (unpaired) electrons. The van der Waals surface area contributed by atoms with Crippen LogP contribution in [0.2, 0.25) is 0 Å². The first-order valence-electron chi connectivity index (χ1n) is 8.27. The highest BCUT2D eigenvalue weighted by molar-refractivity contribution is 5.42. The van der Waals surface area contributed by atoms with Crippen molar-refractivity contribution in [1.29, 1.82) is 0 Å². The summed E-state index contributed by atoms with van der Waals surface area (Å²) >= 11 is 0. The molecule has 116 valence electrons. The first-order chi connectivity index (χ1) is 10.5. The zero-order valence-corrected chi connectivity index (χ0v) is 13.9. The fourth-order valence-electron chi connectivity index (χ4n) is 2.83. The molecule has 1 nitrogen and oxygen atoms in total. The topological polar surface area (TPSA) is 20.2 Å². The van der Waals surface area contributed by atoms with Crippen LogP contribution in [0.1, 0.15) is 64.0 Å². The summed E-state index contributed by atoms with van der Waals surface area (Å²) in [5.41, 5.74) is 2.43. The van der Waals surface area contributed by atoms with Gasteiger partial charge in [-0.2, -0.15) is 0 Å². The van der Waals surface area contributed by atoms with E-state index in [0.29, 0.717) is 5.92 Å². The molecule has 1 saturated carbocycles. The van der Waals surface area contributed by atoms with E-state index in [1.807, 2.05) is 12.1 Å². The van der Waals surface area contributed by atoms with Crippen molar-refractivity contribution in [3.05, 3.63) is 35.4 Å². The third-order valence-electron chi connectivity index (χ3n) is 4.34. The van der Waals surface area contributed by atoms with E-state index in [4.69, 9.17) is 0 Å². The lowest BCUT2D eigenvalue weighted by atomic mass is 9.85. The molecule has 1 N–H and O–H groups in total. The number of aliphatic hydroxyl groups excluding tert-OH is 1. The van der Waals surface area contributed by atoms with Crippen molar-refractivity contribution in [2.45, 2.75) is 64.4 Å². The van der Waals surface area contributed by atoms with Crippen molar-refractivity contribution in [3.8, 4) is 23.7 Å². The van der Waals surface area contributed by atoms with Crippen LogP contribution in [-0.2, 0) is 5.41 Å². The smallest absolute Gasteiger partial charge is 0.118 e. The van der Waals surface area contributed by atoms with Gasteiger partial charge in [-0.1, -0.05) is 64.0 Å². The Bertz CT molecular complexity index is 590. The monoisotopic (exact) mass is 294 g/mol. The van der Waals surface area contributed by atoms with Crippen molar-refractivity contribution in [2.24, 2.45) is 5.92 Å². The first-order valence-corrected chi connectivity index (χ1v) is 8.27. The van der Waals surface area contributed by atoms with Crippen LogP contribution >= 0.6 is 0 Å². The van der Waals surface area contributed by atoms with Gasteiger partial charge in [-0.15, -0.1) is 0 Å². The molecule has 1 atom stereocenters. The molecule has 0 saturated heterocycles. The quantitative estimate of drug-likeness (QED) is 0.766. The van der Waals surface area contributed by atoms with Crippen molar-refractivity contribution >= 4 is 0 Å². The molecule has 22 heavy (non-hydrogen) atoms. The highest BCUT2D eigenvalue weighted by Gasteiger charge is 2.19. The van der Waals surface area contributed by atoms with Gasteiger partial charge in [0.25, 0.3) is 0 Å². The van der Waals surface area contributed by atoms with Gasteiger partial charge in [0, 0.05) is 5.56 Å². The lowest BCUT2D eigenvalue weighted by molar-refractivity contribution is 0.133. The van der Waals surface area contributed by atoms with Gasteiger partial charge < -0.3 is 5.11 Å². The van der Waals surface area contributed by atoms with Crippen LogP contribution in [0.3, 0.4) is 0 Å². The highest BCUT2D eigenvalue weighted by Crippen LogP contribution is 2.26. The maximum Gasteiger partial charge on any atom is 0.118 e. The third-order valence-corrected chi connectivity index (χ3v) is 4.34. The van der Waals surface area contributed by atoms with Crippen molar-refractivity contribution in [2.75, 3.05) is 0 Å². The van der Waals surface area contributed by atoms with E-state index in [1.54, 1.807) is 0 Å². The summed E-state index contributed by atoms with van der Waals surface area (Å²) in [6, 6.07) is 8.31. The minimum atomic E-state index is -0.516. The average Bonchev–Trinajstić information content (AvgIpc) is 2.52. The van der Waals surface area contributed by atoms with Crippen molar-refractivity contribution < 1.29 is 5.11 Å². The van der Waals surface area contributed by atoms with Crippen LogP contribution in [0.5, 0.6) is 0 Å². The van der Waals surface area contributed by atoms with Crippen LogP contribution in [0.15, 0.2) is 24.3 Å². The Balaban J connectivity index is 1.95. The minimum absolute atomic E-state index is 0.163. The van der Waals surface area contributed by atoms with Gasteiger partial charge in [0.1, 0.15) is 6.10 Å². The second kappa shape index (κ2) is 7.53. The highest BCUT2D eigenvalue weighted by atomic mass is 16.3. The summed E-state index contributed by atoms with van der Waals surface area (Å²) in [7, 11) is 0. The molecular formula is C21H26O. The first kappa shape index (κ1) is 16.7. The summed E-state index contributed by atoms with van der Waals surface area (Å²) in [6.45, 7) is 6.60. The molecule has 0 heterocycles. The summed E-state index contributed by atoms with van der Waals surface area (Å²) in [5, 5.41) is 10.1. The number of hydrogen-bond donors (Lipinski definition) is 1. The average molecular weight is 294 g/mol. The predicted molar refractivity (Wildman–Crippen MR) is 92.4 cm³/mol. The van der Waals surface area contributed by atoms with Gasteiger partial charge >= 0.3 is 0 Å². The summed E-state index contributed by atoms with van der Waals surface area (Å²) < 4.78 is 0. The number of rotatable bonds is 1. The van der Waals surface area contributed by atoms with Gasteiger partial charge in [0.2, 0.25) is 0 Å². The second-order valence-electron chi connectivity index (χ2n) is 7.19. The fourth-order valence-corrected chi connectivity index (χ4v) is 2.83. The molecule has 0 amide bonds. The molecule has 1 aliphatic carbocycles. The second-order valence-corrected chi connectivity index (χ2v) is 7.19. The molecule has 1 aromatic carbocycles. The molecule has 1 fully saturated rings. The maximum atomic E-state index is 10.1. The lowest BCUT2D eigenvalue weighted by Crippen LogP contribution is -2.20. The van der Waals surface area contributed by atoms with Gasteiger partial charge in [0.15, 0.2) is 0 Å². The van der Waals surface area contributed by atoms with Gasteiger partial charge in [0.05, 0.1) is 0 Å². The van der Waals surface area contributed by atoms with Crippen LogP contribution in [0.4, 0.5) is 0 Å². The van der Waals surface area contributed by atoms with E-state index in [2.05, 4.69) is 56.6 Å². The van der Waals surface area contributed by atoms with Crippen molar-refractivity contribution in [3.63, 3.8) is 0 Å². The van der Waals surface area contributed by atoms with Gasteiger partial charge in [-0.25, -0.2) is 0 Å². The van der Waals surface area contributed by atoms with E-state index in [-0.39, 0.29) is 5.41 Å². The summed E-state index contributed by atoms with van der Waals surface area (Å²) in [5.74, 6) is 12.0. The molecule has 0 aromatic heterocycles. The Kier molecular flexibility index (Phi) is 5.70. The standard InChI is InChI=1S/C21H26O/c1-21(2,3)19-15-13-17(14-16-19)9-7-8-12-20(22)18-10-5-4-6-11-18/h13-16,18,20,22H,4-6,10-11H2,1-3H3/t20-/m0/s1. The van der Waals surface area contributed by atoms with E-state index in [9.17, 15) is 5.11 Å². The SMILES string of the molecule is CC(C)(C)c1ccc(C#CC#C[C@H](O)C2CCCCC2)cc1. The Labute approximate surface area is 135 Å². The Morgan fingerprint density at radius 1 is 1.00 bits per heavy atom. The van der Waals surface area contributed by atoms with E-state index < -0.39 is 6.10 Å². The minimum Gasteiger partial charge on any atom is -0.380 e. The molecule has 0 spiro atoms. The zero-order chi connectivity index (χ0) is 16.0. The molecule has 1 aliphatic rings. The summed E-state index contributed by atoms with van der Waals surface area (Å²) in [6.07, 6.45) is 5.40. The van der Waals surface area contributed by atoms with Gasteiger partial charge in [-0.05, 0) is 53.7 Å². The number of benzene rings is 1. The number of hydrogen-bond acceptors (Lipinski definition) is 1. The van der Waals surface area contributed by atoms with E-state index in [1.165, 1.54) is 24.8 Å². The molecule has 0 unspecified atom stereocenters. The molecule has 1 heteroatoms. The molecule has 0 bridgehead atoms. The molecular weight excluding hydrogens is 268 g/mol. The van der Waals surface area contributed by atoms with Crippen LogP contribution in [0, 0.1) is 29.6 Å². The predicted octanol–water partition coefficient (Wildman–Crippen LogP) is 4.28. The van der Waals surface area contributed by atoms with Crippen LogP contribution in [-0.4, -0.2) is 11.2 Å². The van der Waals surface area contributed by atoms with Gasteiger partial charge in [-0.3, -0.25) is 0 Å². The molecule has 1 aromatic rings. The fraction of sp³-hybridized carbons (Fsp3) is 0.524. The Morgan fingerprint density at radius 2 is 1.64 bits per heavy atom. The molecule has 0 aliphatic heterocycles. The maximum absolute atomic E-state index is 10.1. The largest absolute Gasteiger partial charge is 0.380 e.